The summed E-state index contributed by atoms with van der Waals surface area (Å²) in [6.07, 6.45) is 5.41. The maximum atomic E-state index is 5.67. The quantitative estimate of drug-likeness (QED) is 0.258. The summed E-state index contributed by atoms with van der Waals surface area (Å²) in [5, 5.41) is 11.2. The Labute approximate surface area is 135 Å². The summed E-state index contributed by atoms with van der Waals surface area (Å²) in [6.45, 7) is 4.89. The lowest BCUT2D eigenvalue weighted by atomic mass is 10.3. The van der Waals surface area contributed by atoms with Gasteiger partial charge in [-0.15, -0.1) is 40.8 Å². The minimum atomic E-state index is 0. The molecule has 0 amide bonds. The Balaban J connectivity index is 0.00000200. The van der Waals surface area contributed by atoms with Crippen molar-refractivity contribution in [2.45, 2.75) is 12.8 Å². The van der Waals surface area contributed by atoms with Crippen LogP contribution in [0.25, 0.3) is 5.65 Å². The van der Waals surface area contributed by atoms with Gasteiger partial charge in [-0.25, -0.2) is 0 Å². The fourth-order valence-corrected chi connectivity index (χ4v) is 1.73. The van der Waals surface area contributed by atoms with Gasteiger partial charge in [-0.3, -0.25) is 9.39 Å². The molecule has 0 bridgehead atoms. The molecule has 0 saturated carbocycles. The van der Waals surface area contributed by atoms with E-state index in [9.17, 15) is 0 Å². The normalized spacial score (nSPS) is 11.1. The molecule has 2 aromatic rings. The summed E-state index contributed by atoms with van der Waals surface area (Å²) in [4.78, 5) is 4.22. The Hall–Kier alpha value is -1.64. The van der Waals surface area contributed by atoms with Crippen LogP contribution in [-0.2, 0) is 6.42 Å². The molecule has 0 saturated heterocycles. The predicted octanol–water partition coefficient (Wildman–Crippen LogP) is 1.37. The number of guanidine groups is 1. The number of hydrogen-bond acceptors (Lipinski definition) is 3. The van der Waals surface area contributed by atoms with Crippen molar-refractivity contribution >= 4 is 35.6 Å². The lowest BCUT2D eigenvalue weighted by Crippen LogP contribution is -2.31. The lowest BCUT2D eigenvalue weighted by molar-refractivity contribution is 0.766. The van der Waals surface area contributed by atoms with Gasteiger partial charge >= 0.3 is 0 Å². The number of hydrogen-bond donors (Lipinski definition) is 2. The van der Waals surface area contributed by atoms with E-state index in [1.807, 2.05) is 28.8 Å². The summed E-state index contributed by atoms with van der Waals surface area (Å²) >= 11 is 0. The molecule has 0 spiro atoms. The van der Waals surface area contributed by atoms with Gasteiger partial charge in [-0.2, -0.15) is 0 Å². The highest BCUT2D eigenvalue weighted by Crippen LogP contribution is 2.04. The second-order valence-electron chi connectivity index (χ2n) is 4.09. The summed E-state index contributed by atoms with van der Waals surface area (Å²) in [5.41, 5.74) is 6.54. The number of nitrogens with one attached hydrogen (secondary N) is 1. The number of aryl methyl sites for hydroxylation is 1. The van der Waals surface area contributed by atoms with E-state index in [0.717, 1.165) is 24.3 Å². The molecule has 0 aliphatic carbocycles. The number of pyridine rings is 1. The van der Waals surface area contributed by atoms with E-state index in [1.54, 1.807) is 6.08 Å². The van der Waals surface area contributed by atoms with E-state index in [0.29, 0.717) is 19.0 Å². The van der Waals surface area contributed by atoms with Crippen LogP contribution in [0.15, 0.2) is 42.0 Å². The van der Waals surface area contributed by atoms with E-state index in [4.69, 9.17) is 5.73 Å². The van der Waals surface area contributed by atoms with Gasteiger partial charge in [0.1, 0.15) is 5.82 Å². The molecular formula is C13H19IN6. The highest BCUT2D eigenvalue weighted by Gasteiger charge is 2.03. The third kappa shape index (κ3) is 4.48. The van der Waals surface area contributed by atoms with Crippen molar-refractivity contribution in [3.8, 4) is 0 Å². The Morgan fingerprint density at radius 3 is 3.10 bits per heavy atom. The number of rotatable bonds is 6. The molecule has 0 aliphatic heterocycles. The zero-order chi connectivity index (χ0) is 13.5. The molecule has 0 radical (unpaired) electrons. The molecule has 2 heterocycles. The fourth-order valence-electron chi connectivity index (χ4n) is 1.73. The van der Waals surface area contributed by atoms with Crippen molar-refractivity contribution in [3.63, 3.8) is 0 Å². The second-order valence-corrected chi connectivity index (χ2v) is 4.09. The number of aliphatic imine (C=N–C) groups is 1. The zero-order valence-electron chi connectivity index (χ0n) is 11.2. The molecule has 6 nitrogen and oxygen atoms in total. The van der Waals surface area contributed by atoms with E-state index < -0.39 is 0 Å². The van der Waals surface area contributed by atoms with Crippen molar-refractivity contribution in [2.75, 3.05) is 13.1 Å². The molecule has 108 valence electrons. The number of nitrogens with zero attached hydrogens (tertiary/aromatic N) is 4. The van der Waals surface area contributed by atoms with Crippen LogP contribution in [0.3, 0.4) is 0 Å². The van der Waals surface area contributed by atoms with Crippen LogP contribution >= 0.6 is 24.0 Å². The Kier molecular flexibility index (Phi) is 6.99. The van der Waals surface area contributed by atoms with Gasteiger partial charge in [0.15, 0.2) is 11.6 Å². The van der Waals surface area contributed by atoms with Gasteiger partial charge in [0.25, 0.3) is 0 Å². The standard InChI is InChI=1S/C13H18N6.HI/c1-2-8-15-13(14)16-9-5-7-12-18-17-11-6-3-4-10-19(11)12;/h2-4,6,10H,1,5,7-9H2,(H3,14,15,16);1H. The molecule has 2 rings (SSSR count). The molecule has 7 heteroatoms. The predicted molar refractivity (Wildman–Crippen MR) is 91.4 cm³/mol. The van der Waals surface area contributed by atoms with Crippen LogP contribution in [0.4, 0.5) is 0 Å². The first-order chi connectivity index (χ1) is 9.31. The maximum absolute atomic E-state index is 5.67. The monoisotopic (exact) mass is 386 g/mol. The average Bonchev–Trinajstić information content (AvgIpc) is 2.85. The number of nitrogens with two attached hydrogens (primary N) is 1. The Morgan fingerprint density at radius 2 is 2.30 bits per heavy atom. The van der Waals surface area contributed by atoms with Gasteiger partial charge in [-0.05, 0) is 18.6 Å². The Morgan fingerprint density at radius 1 is 1.45 bits per heavy atom. The van der Waals surface area contributed by atoms with Crippen LogP contribution < -0.4 is 11.1 Å². The smallest absolute Gasteiger partial charge is 0.188 e. The van der Waals surface area contributed by atoms with Gasteiger partial charge in [0, 0.05) is 25.7 Å². The van der Waals surface area contributed by atoms with Crippen LogP contribution in [0.2, 0.25) is 0 Å². The molecular weight excluding hydrogens is 367 g/mol. The van der Waals surface area contributed by atoms with Crippen LogP contribution in [-0.4, -0.2) is 33.6 Å². The Bertz CT molecular complexity index is 577. The summed E-state index contributed by atoms with van der Waals surface area (Å²) in [6, 6.07) is 5.85. The topological polar surface area (TPSA) is 80.6 Å². The number of aromatic nitrogens is 3. The third-order valence-electron chi connectivity index (χ3n) is 2.65. The van der Waals surface area contributed by atoms with E-state index in [2.05, 4.69) is 27.1 Å². The van der Waals surface area contributed by atoms with Crippen LogP contribution in [0, 0.1) is 0 Å². The molecule has 2 aromatic heterocycles. The van der Waals surface area contributed by atoms with Crippen molar-refractivity contribution in [2.24, 2.45) is 10.7 Å². The van der Waals surface area contributed by atoms with Gasteiger partial charge in [0.05, 0.1) is 0 Å². The largest absolute Gasteiger partial charge is 0.370 e. The van der Waals surface area contributed by atoms with E-state index in [1.165, 1.54) is 0 Å². The molecule has 0 fully saturated rings. The molecule has 0 aromatic carbocycles. The van der Waals surface area contributed by atoms with Crippen molar-refractivity contribution < 1.29 is 0 Å². The first kappa shape index (κ1) is 16.4. The van der Waals surface area contributed by atoms with Crippen molar-refractivity contribution in [1.29, 1.82) is 0 Å². The van der Waals surface area contributed by atoms with Crippen molar-refractivity contribution in [3.05, 3.63) is 42.9 Å². The van der Waals surface area contributed by atoms with Gasteiger partial charge < -0.3 is 11.1 Å². The molecule has 3 N–H and O–H groups in total. The van der Waals surface area contributed by atoms with Crippen LogP contribution in [0.5, 0.6) is 0 Å². The molecule has 0 atom stereocenters. The third-order valence-corrected chi connectivity index (χ3v) is 2.65. The fraction of sp³-hybridized carbons (Fsp3) is 0.308. The number of halogens is 1. The van der Waals surface area contributed by atoms with E-state index in [-0.39, 0.29) is 24.0 Å². The zero-order valence-corrected chi connectivity index (χ0v) is 13.5. The maximum Gasteiger partial charge on any atom is 0.188 e. The van der Waals surface area contributed by atoms with Gasteiger partial charge in [0.2, 0.25) is 0 Å². The number of fused-ring (bicyclic) bond motifs is 1. The highest BCUT2D eigenvalue weighted by molar-refractivity contribution is 14.0. The van der Waals surface area contributed by atoms with Crippen LogP contribution in [0.1, 0.15) is 12.2 Å². The summed E-state index contributed by atoms with van der Waals surface area (Å²) < 4.78 is 1.99. The SMILES string of the molecule is C=CCNC(N)=NCCCc1nnc2ccccn12.I. The average molecular weight is 386 g/mol. The van der Waals surface area contributed by atoms with Crippen molar-refractivity contribution in [1.82, 2.24) is 19.9 Å². The highest BCUT2D eigenvalue weighted by atomic mass is 127. The lowest BCUT2D eigenvalue weighted by Gasteiger charge is -2.02. The molecule has 0 aliphatic rings. The first-order valence-electron chi connectivity index (χ1n) is 6.24. The van der Waals surface area contributed by atoms with E-state index >= 15 is 0 Å². The van der Waals surface area contributed by atoms with Gasteiger partial charge in [-0.1, -0.05) is 12.1 Å². The summed E-state index contributed by atoms with van der Waals surface area (Å²) in [7, 11) is 0. The minimum Gasteiger partial charge on any atom is -0.370 e. The second kappa shape index (κ2) is 8.51. The first-order valence-corrected chi connectivity index (χ1v) is 6.24. The molecule has 20 heavy (non-hydrogen) atoms. The minimum absolute atomic E-state index is 0. The molecule has 0 unspecified atom stereocenters. The summed E-state index contributed by atoms with van der Waals surface area (Å²) in [5.74, 6) is 1.40.